The first-order valence-corrected chi connectivity index (χ1v) is 11.7. The molecule has 0 saturated carbocycles. The smallest absolute Gasteiger partial charge is 0.339 e. The Bertz CT molecular complexity index is 1460. The summed E-state index contributed by atoms with van der Waals surface area (Å²) in [7, 11) is 3.99. The summed E-state index contributed by atoms with van der Waals surface area (Å²) in [5.74, 6) is 1.07. The second kappa shape index (κ2) is 7.91. The van der Waals surface area contributed by atoms with E-state index in [0.29, 0.717) is 23.5 Å². The molecule has 6 rings (SSSR count). The molecule has 4 aromatic rings. The minimum atomic E-state index is -0.982. The zero-order valence-electron chi connectivity index (χ0n) is 20.0. The van der Waals surface area contributed by atoms with Crippen LogP contribution in [0.15, 0.2) is 84.9 Å². The Morgan fingerprint density at radius 2 is 1.60 bits per heavy atom. The molecule has 1 N–H and O–H groups in total. The van der Waals surface area contributed by atoms with Crippen LogP contribution < -0.4 is 15.0 Å². The minimum absolute atomic E-state index is 0.320. The zero-order valence-corrected chi connectivity index (χ0v) is 20.0. The van der Waals surface area contributed by atoms with Gasteiger partial charge in [-0.1, -0.05) is 35.9 Å². The molecule has 2 aliphatic rings. The third-order valence-electron chi connectivity index (χ3n) is 6.84. The van der Waals surface area contributed by atoms with Gasteiger partial charge in [-0.05, 0) is 61.0 Å². The first-order chi connectivity index (χ1) is 16.9. The Labute approximate surface area is 204 Å². The number of aryl methyl sites for hydroxylation is 1. The highest BCUT2D eigenvalue weighted by Gasteiger charge is 2.49. The number of esters is 1. The van der Waals surface area contributed by atoms with Crippen molar-refractivity contribution >= 4 is 23.0 Å². The van der Waals surface area contributed by atoms with Gasteiger partial charge in [-0.2, -0.15) is 0 Å². The van der Waals surface area contributed by atoms with E-state index in [-0.39, 0.29) is 5.97 Å². The highest BCUT2D eigenvalue weighted by Crippen LogP contribution is 2.54. The molecule has 5 heteroatoms. The number of hydrogen-bond donors (Lipinski definition) is 1. The zero-order chi connectivity index (χ0) is 24.2. The molecule has 2 aliphatic heterocycles. The van der Waals surface area contributed by atoms with Gasteiger partial charge in [0.1, 0.15) is 11.5 Å². The fourth-order valence-corrected chi connectivity index (χ4v) is 4.98. The van der Waals surface area contributed by atoms with Crippen molar-refractivity contribution in [2.24, 2.45) is 0 Å². The second-order valence-corrected chi connectivity index (χ2v) is 9.43. The van der Waals surface area contributed by atoms with Gasteiger partial charge in [-0.3, -0.25) is 0 Å². The Kier molecular flexibility index (Phi) is 4.81. The third-order valence-corrected chi connectivity index (χ3v) is 6.84. The van der Waals surface area contributed by atoms with Crippen molar-refractivity contribution in [3.8, 4) is 11.5 Å². The van der Waals surface area contributed by atoms with Crippen molar-refractivity contribution < 1.29 is 14.3 Å². The molecule has 1 spiro atoms. The molecule has 4 aromatic carbocycles. The van der Waals surface area contributed by atoms with Gasteiger partial charge in [0.25, 0.3) is 0 Å². The van der Waals surface area contributed by atoms with Gasteiger partial charge in [0.15, 0.2) is 5.60 Å². The molecule has 1 atom stereocenters. The number of carbonyl (C=O) groups excluding carboxylic acids is 1. The molecule has 0 saturated heterocycles. The van der Waals surface area contributed by atoms with E-state index in [1.807, 2.05) is 79.7 Å². The van der Waals surface area contributed by atoms with Crippen molar-refractivity contribution in [3.05, 3.63) is 113 Å². The largest absolute Gasteiger partial charge is 0.456 e. The van der Waals surface area contributed by atoms with Crippen LogP contribution >= 0.6 is 0 Å². The average molecular weight is 463 g/mol. The fourth-order valence-electron chi connectivity index (χ4n) is 4.98. The van der Waals surface area contributed by atoms with Crippen LogP contribution in [0, 0.1) is 6.92 Å². The number of rotatable bonds is 3. The van der Waals surface area contributed by atoms with Crippen molar-refractivity contribution in [1.82, 2.24) is 0 Å². The highest BCUT2D eigenvalue weighted by molar-refractivity contribution is 5.93. The van der Waals surface area contributed by atoms with E-state index in [4.69, 9.17) is 9.47 Å². The number of benzene rings is 4. The summed E-state index contributed by atoms with van der Waals surface area (Å²) in [6, 6.07) is 28.0. The van der Waals surface area contributed by atoms with Crippen LogP contribution in [0.5, 0.6) is 11.5 Å². The normalized spacial score (nSPS) is 17.5. The van der Waals surface area contributed by atoms with Crippen LogP contribution in [0.1, 0.15) is 32.6 Å². The van der Waals surface area contributed by atoms with Gasteiger partial charge in [-0.15, -0.1) is 0 Å². The van der Waals surface area contributed by atoms with Gasteiger partial charge in [0, 0.05) is 54.8 Å². The van der Waals surface area contributed by atoms with Crippen LogP contribution in [-0.2, 0) is 16.8 Å². The topological polar surface area (TPSA) is 50.8 Å². The molecule has 35 heavy (non-hydrogen) atoms. The quantitative estimate of drug-likeness (QED) is 0.349. The van der Waals surface area contributed by atoms with E-state index in [2.05, 4.69) is 36.5 Å². The van der Waals surface area contributed by atoms with Crippen LogP contribution in [0.25, 0.3) is 0 Å². The summed E-state index contributed by atoms with van der Waals surface area (Å²) in [5.41, 5.74) is 6.40. The highest BCUT2D eigenvalue weighted by atomic mass is 16.6. The van der Waals surface area contributed by atoms with Crippen molar-refractivity contribution in [1.29, 1.82) is 0 Å². The summed E-state index contributed by atoms with van der Waals surface area (Å²) in [4.78, 5) is 15.3. The molecular formula is C30H26N2O3. The molecule has 1 unspecified atom stereocenters. The van der Waals surface area contributed by atoms with Crippen LogP contribution in [-0.4, -0.2) is 20.1 Å². The number of anilines is 3. The first-order valence-electron chi connectivity index (χ1n) is 11.7. The molecule has 174 valence electrons. The standard InChI is InChI=1S/C30H26N2O3/c1-19-8-10-21(11-9-19)31-22-12-15-27-26(16-22)30(18-20-6-4-5-7-24(20)29(33)35-30)25-14-13-23(32(2)3)17-28(25)34-27/h4-17,31H,18H2,1-3H3. The molecular weight excluding hydrogens is 436 g/mol. The molecule has 0 aliphatic carbocycles. The maximum absolute atomic E-state index is 13.3. The van der Waals surface area contributed by atoms with Crippen LogP contribution in [0.3, 0.4) is 0 Å². The third kappa shape index (κ3) is 3.51. The van der Waals surface area contributed by atoms with E-state index >= 15 is 0 Å². The number of fused-ring (bicyclic) bond motifs is 5. The molecule has 0 aromatic heterocycles. The molecule has 0 bridgehead atoms. The fraction of sp³-hybridized carbons (Fsp3) is 0.167. The van der Waals surface area contributed by atoms with Gasteiger partial charge >= 0.3 is 5.97 Å². The molecule has 2 heterocycles. The summed E-state index contributed by atoms with van der Waals surface area (Å²) >= 11 is 0. The van der Waals surface area contributed by atoms with Crippen molar-refractivity contribution in [3.63, 3.8) is 0 Å². The number of carbonyl (C=O) groups is 1. The monoisotopic (exact) mass is 462 g/mol. The molecule has 0 amide bonds. The maximum atomic E-state index is 13.3. The minimum Gasteiger partial charge on any atom is -0.456 e. The van der Waals surface area contributed by atoms with Gasteiger partial charge in [0.05, 0.1) is 5.56 Å². The van der Waals surface area contributed by atoms with E-state index in [1.54, 1.807) is 0 Å². The predicted molar refractivity (Wildman–Crippen MR) is 138 cm³/mol. The van der Waals surface area contributed by atoms with Crippen molar-refractivity contribution in [2.45, 2.75) is 18.9 Å². The summed E-state index contributed by atoms with van der Waals surface area (Å²) in [6.07, 6.45) is 0.535. The van der Waals surface area contributed by atoms with Gasteiger partial charge in [-0.25, -0.2) is 4.79 Å². The lowest BCUT2D eigenvalue weighted by molar-refractivity contribution is -0.0112. The number of ether oxygens (including phenoxy) is 2. The molecule has 0 radical (unpaired) electrons. The SMILES string of the molecule is Cc1ccc(Nc2ccc3c(c2)C2(Cc4ccccc4C(=O)O2)c2ccc(N(C)C)cc2O3)cc1. The Morgan fingerprint density at radius 3 is 2.40 bits per heavy atom. The van der Waals surface area contributed by atoms with E-state index < -0.39 is 5.60 Å². The Morgan fingerprint density at radius 1 is 0.829 bits per heavy atom. The molecule has 5 nitrogen and oxygen atoms in total. The van der Waals surface area contributed by atoms with Crippen molar-refractivity contribution in [2.75, 3.05) is 24.3 Å². The van der Waals surface area contributed by atoms with Gasteiger partial charge < -0.3 is 19.7 Å². The number of hydrogen-bond acceptors (Lipinski definition) is 5. The van der Waals surface area contributed by atoms with Crippen LogP contribution in [0.4, 0.5) is 17.1 Å². The van der Waals surface area contributed by atoms with E-state index in [1.165, 1.54) is 5.56 Å². The maximum Gasteiger partial charge on any atom is 0.339 e. The lowest BCUT2D eigenvalue weighted by atomic mass is 9.76. The van der Waals surface area contributed by atoms with E-state index in [0.717, 1.165) is 33.8 Å². The first kappa shape index (κ1) is 21.3. The predicted octanol–water partition coefficient (Wildman–Crippen LogP) is 6.57. The summed E-state index contributed by atoms with van der Waals surface area (Å²) < 4.78 is 12.7. The molecule has 0 fully saturated rings. The average Bonchev–Trinajstić information content (AvgIpc) is 2.86. The van der Waals surface area contributed by atoms with E-state index in [9.17, 15) is 4.79 Å². The summed E-state index contributed by atoms with van der Waals surface area (Å²) in [5, 5.41) is 3.48. The lowest BCUT2D eigenvalue weighted by Crippen LogP contribution is -2.42. The summed E-state index contributed by atoms with van der Waals surface area (Å²) in [6.45, 7) is 2.07. The number of nitrogens with zero attached hydrogens (tertiary/aromatic N) is 1. The van der Waals surface area contributed by atoms with Crippen LogP contribution in [0.2, 0.25) is 0 Å². The number of nitrogens with one attached hydrogen (secondary N) is 1. The Balaban J connectivity index is 1.52. The Hall–Kier alpha value is -4.25. The second-order valence-electron chi connectivity index (χ2n) is 9.43. The lowest BCUT2D eigenvalue weighted by Gasteiger charge is -2.42. The van der Waals surface area contributed by atoms with Gasteiger partial charge in [0.2, 0.25) is 0 Å².